The van der Waals surface area contributed by atoms with Crippen LogP contribution in [0.3, 0.4) is 0 Å². The lowest BCUT2D eigenvalue weighted by atomic mass is 10.1. The maximum Gasteiger partial charge on any atom is 0.0402 e. The van der Waals surface area contributed by atoms with Gasteiger partial charge in [0.15, 0.2) is 0 Å². The quantitative estimate of drug-likeness (QED) is 0.461. The molecule has 0 heterocycles. The van der Waals surface area contributed by atoms with E-state index in [0.29, 0.717) is 5.88 Å². The van der Waals surface area contributed by atoms with Gasteiger partial charge in [-0.25, -0.2) is 0 Å². The Kier molecular flexibility index (Phi) is 5.94. The number of hydrogen-bond acceptors (Lipinski definition) is 1. The van der Waals surface area contributed by atoms with Crippen LogP contribution >= 0.6 is 11.6 Å². The molecule has 0 saturated heterocycles. The number of halogens is 1. The van der Waals surface area contributed by atoms with Gasteiger partial charge in [-0.05, 0) is 33.9 Å². The molecule has 0 unspecified atom stereocenters. The van der Waals surface area contributed by atoms with Crippen molar-refractivity contribution in [2.45, 2.75) is 45.6 Å². The van der Waals surface area contributed by atoms with Crippen LogP contribution < -0.4 is 0 Å². The van der Waals surface area contributed by atoms with Crippen molar-refractivity contribution in [3.05, 3.63) is 0 Å². The minimum absolute atomic E-state index is 0.148. The molecule has 2 heteroatoms. The maximum absolute atomic E-state index is 5.86. The predicted molar refractivity (Wildman–Crippen MR) is 57.0 cm³/mol. The van der Waals surface area contributed by atoms with Gasteiger partial charge in [-0.3, -0.25) is 0 Å². The molecule has 74 valence electrons. The summed E-state index contributed by atoms with van der Waals surface area (Å²) in [5.41, 5.74) is 0.148. The van der Waals surface area contributed by atoms with Crippen LogP contribution in [-0.4, -0.2) is 29.9 Å². The highest BCUT2D eigenvalue weighted by atomic mass is 35.5. The average Bonchev–Trinajstić information content (AvgIpc) is 2.05. The average molecular weight is 192 g/mol. The van der Waals surface area contributed by atoms with Gasteiger partial charge in [0.25, 0.3) is 0 Å². The van der Waals surface area contributed by atoms with Gasteiger partial charge in [0.1, 0.15) is 0 Å². The summed E-state index contributed by atoms with van der Waals surface area (Å²) < 4.78 is 0. The Labute approximate surface area is 82.1 Å². The highest BCUT2D eigenvalue weighted by molar-refractivity contribution is 6.18. The van der Waals surface area contributed by atoms with Gasteiger partial charge in [-0.15, -0.1) is 11.6 Å². The zero-order chi connectivity index (χ0) is 9.61. The van der Waals surface area contributed by atoms with E-state index in [1.54, 1.807) is 0 Å². The summed E-state index contributed by atoms with van der Waals surface area (Å²) in [5, 5.41) is 0. The standard InChI is InChI=1S/C10H22ClN/c1-5-6-7-8-12(4)10(2,3)9-11/h5-9H2,1-4H3. The summed E-state index contributed by atoms with van der Waals surface area (Å²) in [7, 11) is 2.15. The molecular weight excluding hydrogens is 170 g/mol. The first-order valence-corrected chi connectivity index (χ1v) is 5.35. The van der Waals surface area contributed by atoms with E-state index >= 15 is 0 Å². The van der Waals surface area contributed by atoms with Crippen LogP contribution in [-0.2, 0) is 0 Å². The lowest BCUT2D eigenvalue weighted by Crippen LogP contribution is -2.43. The molecule has 0 aromatic rings. The van der Waals surface area contributed by atoms with Crippen LogP contribution in [0.1, 0.15) is 40.0 Å². The first-order valence-electron chi connectivity index (χ1n) is 4.81. The molecule has 0 spiro atoms. The highest BCUT2D eigenvalue weighted by Gasteiger charge is 2.21. The Morgan fingerprint density at radius 2 is 1.83 bits per heavy atom. The molecule has 0 aliphatic rings. The van der Waals surface area contributed by atoms with E-state index in [-0.39, 0.29) is 5.54 Å². The lowest BCUT2D eigenvalue weighted by molar-refractivity contribution is 0.176. The number of alkyl halides is 1. The second-order valence-electron chi connectivity index (χ2n) is 4.07. The van der Waals surface area contributed by atoms with Gasteiger partial charge < -0.3 is 4.90 Å². The van der Waals surface area contributed by atoms with E-state index in [9.17, 15) is 0 Å². The van der Waals surface area contributed by atoms with Crippen LogP contribution in [0.25, 0.3) is 0 Å². The van der Waals surface area contributed by atoms with E-state index in [4.69, 9.17) is 11.6 Å². The summed E-state index contributed by atoms with van der Waals surface area (Å²) in [5.74, 6) is 0.704. The number of hydrogen-bond donors (Lipinski definition) is 0. The summed E-state index contributed by atoms with van der Waals surface area (Å²) in [6.07, 6.45) is 3.89. The zero-order valence-corrected chi connectivity index (χ0v) is 9.62. The van der Waals surface area contributed by atoms with Crippen LogP contribution in [0.5, 0.6) is 0 Å². The molecule has 0 rings (SSSR count). The van der Waals surface area contributed by atoms with Crippen LogP contribution in [0.2, 0.25) is 0 Å². The third kappa shape index (κ3) is 4.32. The monoisotopic (exact) mass is 191 g/mol. The molecule has 0 aliphatic carbocycles. The maximum atomic E-state index is 5.86. The molecule has 0 N–H and O–H groups in total. The van der Waals surface area contributed by atoms with E-state index in [1.165, 1.54) is 19.3 Å². The molecular formula is C10H22ClN. The predicted octanol–water partition coefficient (Wildman–Crippen LogP) is 3.13. The minimum atomic E-state index is 0.148. The third-order valence-corrected chi connectivity index (χ3v) is 3.11. The van der Waals surface area contributed by atoms with Crippen LogP contribution in [0.15, 0.2) is 0 Å². The Balaban J connectivity index is 3.63. The fourth-order valence-corrected chi connectivity index (χ4v) is 1.21. The fourth-order valence-electron chi connectivity index (χ4n) is 1.00. The van der Waals surface area contributed by atoms with Crippen molar-refractivity contribution >= 4 is 11.6 Å². The summed E-state index contributed by atoms with van der Waals surface area (Å²) >= 11 is 5.86. The van der Waals surface area contributed by atoms with Crippen LogP contribution in [0, 0.1) is 0 Å². The second-order valence-corrected chi connectivity index (χ2v) is 4.34. The molecule has 12 heavy (non-hydrogen) atoms. The van der Waals surface area contributed by atoms with E-state index in [1.807, 2.05) is 0 Å². The molecule has 0 aromatic heterocycles. The van der Waals surface area contributed by atoms with E-state index < -0.39 is 0 Å². The topological polar surface area (TPSA) is 3.24 Å². The first-order chi connectivity index (χ1) is 5.54. The second kappa shape index (κ2) is 5.82. The van der Waals surface area contributed by atoms with Gasteiger partial charge in [-0.2, -0.15) is 0 Å². The normalized spacial score (nSPS) is 12.5. The molecule has 0 radical (unpaired) electrons. The molecule has 0 atom stereocenters. The van der Waals surface area contributed by atoms with Gasteiger partial charge in [0.2, 0.25) is 0 Å². The SMILES string of the molecule is CCCCCN(C)C(C)(C)CCl. The molecule has 0 saturated carbocycles. The smallest absolute Gasteiger partial charge is 0.0402 e. The summed E-state index contributed by atoms with van der Waals surface area (Å²) in [6, 6.07) is 0. The van der Waals surface area contributed by atoms with Gasteiger partial charge in [-0.1, -0.05) is 19.8 Å². The first kappa shape index (κ1) is 12.2. The number of rotatable bonds is 6. The van der Waals surface area contributed by atoms with Crippen molar-refractivity contribution in [1.82, 2.24) is 4.90 Å². The molecule has 0 aliphatic heterocycles. The van der Waals surface area contributed by atoms with Crippen molar-refractivity contribution in [3.8, 4) is 0 Å². The van der Waals surface area contributed by atoms with Crippen molar-refractivity contribution in [3.63, 3.8) is 0 Å². The summed E-state index contributed by atoms with van der Waals surface area (Å²) in [6.45, 7) is 7.76. The lowest BCUT2D eigenvalue weighted by Gasteiger charge is -2.33. The fraction of sp³-hybridized carbons (Fsp3) is 1.00. The molecule has 0 fully saturated rings. The largest absolute Gasteiger partial charge is 0.300 e. The van der Waals surface area contributed by atoms with E-state index in [2.05, 4.69) is 32.7 Å². The third-order valence-electron chi connectivity index (χ3n) is 2.46. The molecule has 0 aromatic carbocycles. The van der Waals surface area contributed by atoms with Crippen molar-refractivity contribution in [1.29, 1.82) is 0 Å². The summed E-state index contributed by atoms with van der Waals surface area (Å²) in [4.78, 5) is 2.34. The van der Waals surface area contributed by atoms with Crippen LogP contribution in [0.4, 0.5) is 0 Å². The Bertz CT molecular complexity index is 112. The van der Waals surface area contributed by atoms with Gasteiger partial charge in [0.05, 0.1) is 0 Å². The van der Waals surface area contributed by atoms with Crippen molar-refractivity contribution in [2.24, 2.45) is 0 Å². The number of nitrogens with zero attached hydrogens (tertiary/aromatic N) is 1. The molecule has 0 amide bonds. The zero-order valence-electron chi connectivity index (χ0n) is 8.86. The number of unbranched alkanes of at least 4 members (excludes halogenated alkanes) is 2. The van der Waals surface area contributed by atoms with Gasteiger partial charge in [0, 0.05) is 11.4 Å². The Morgan fingerprint density at radius 1 is 1.25 bits per heavy atom. The molecule has 0 bridgehead atoms. The van der Waals surface area contributed by atoms with E-state index in [0.717, 1.165) is 6.54 Å². The minimum Gasteiger partial charge on any atom is -0.300 e. The van der Waals surface area contributed by atoms with Gasteiger partial charge >= 0.3 is 0 Å². The highest BCUT2D eigenvalue weighted by Crippen LogP contribution is 2.14. The molecule has 1 nitrogen and oxygen atoms in total. The Morgan fingerprint density at radius 3 is 2.25 bits per heavy atom. The van der Waals surface area contributed by atoms with Crippen molar-refractivity contribution < 1.29 is 0 Å². The Hall–Kier alpha value is 0.250. The van der Waals surface area contributed by atoms with Crippen molar-refractivity contribution in [2.75, 3.05) is 19.5 Å².